The Labute approximate surface area is 170 Å². The Bertz CT molecular complexity index is 1000. The van der Waals surface area contributed by atoms with E-state index < -0.39 is 11.7 Å². The first-order valence-electron chi connectivity index (χ1n) is 8.66. The smallest absolute Gasteiger partial charge is 0.262 e. The first kappa shape index (κ1) is 20.0. The minimum atomic E-state index is -0.550. The normalized spacial score (nSPS) is 10.9. The van der Waals surface area contributed by atoms with E-state index >= 15 is 0 Å². The molecule has 146 valence electrons. The highest BCUT2D eigenvalue weighted by Crippen LogP contribution is 2.30. The van der Waals surface area contributed by atoms with Gasteiger partial charge in [-0.3, -0.25) is 4.79 Å². The predicted octanol–water partition coefficient (Wildman–Crippen LogP) is 5.09. The van der Waals surface area contributed by atoms with Crippen molar-refractivity contribution in [3.05, 3.63) is 58.1 Å². The molecule has 0 saturated heterocycles. The van der Waals surface area contributed by atoms with Gasteiger partial charge >= 0.3 is 0 Å². The molecule has 0 radical (unpaired) electrons. The van der Waals surface area contributed by atoms with Gasteiger partial charge in [0.25, 0.3) is 11.8 Å². The van der Waals surface area contributed by atoms with Crippen molar-refractivity contribution in [3.8, 4) is 17.2 Å². The van der Waals surface area contributed by atoms with E-state index in [0.29, 0.717) is 27.4 Å². The third-order valence-corrected chi connectivity index (χ3v) is 4.47. The first-order chi connectivity index (χ1) is 13.3. The molecule has 0 atom stereocenters. The van der Waals surface area contributed by atoms with E-state index in [1.807, 2.05) is 32.9 Å². The number of nitrogens with zero attached hydrogens (tertiary/aromatic N) is 2. The highest BCUT2D eigenvalue weighted by molar-refractivity contribution is 9.10. The van der Waals surface area contributed by atoms with Crippen molar-refractivity contribution >= 4 is 27.5 Å². The average molecular weight is 448 g/mol. The maximum Gasteiger partial charge on any atom is 0.262 e. The summed E-state index contributed by atoms with van der Waals surface area (Å²) in [5.41, 5.74) is 1.99. The molecule has 0 aliphatic rings. The van der Waals surface area contributed by atoms with Crippen LogP contribution in [0, 0.1) is 12.7 Å². The van der Waals surface area contributed by atoms with Gasteiger partial charge < -0.3 is 14.6 Å². The molecule has 0 bridgehead atoms. The van der Waals surface area contributed by atoms with E-state index in [0.717, 1.165) is 5.56 Å². The topological polar surface area (TPSA) is 77.3 Å². The van der Waals surface area contributed by atoms with Crippen LogP contribution in [0.15, 0.2) is 45.4 Å². The highest BCUT2D eigenvalue weighted by atomic mass is 79.9. The second kappa shape index (κ2) is 8.52. The SMILES string of the molecule is Cc1cccc(-c2nc(C(C)C)no2)c1NC(=O)COc1ccc(Br)cc1F. The van der Waals surface area contributed by atoms with Crippen LogP contribution in [0.4, 0.5) is 10.1 Å². The van der Waals surface area contributed by atoms with Crippen molar-refractivity contribution in [3.63, 3.8) is 0 Å². The number of aryl methyl sites for hydroxylation is 1. The van der Waals surface area contributed by atoms with Crippen molar-refractivity contribution in [2.75, 3.05) is 11.9 Å². The summed E-state index contributed by atoms with van der Waals surface area (Å²) >= 11 is 3.17. The summed E-state index contributed by atoms with van der Waals surface area (Å²) in [6, 6.07) is 9.85. The van der Waals surface area contributed by atoms with E-state index in [-0.39, 0.29) is 18.3 Å². The third-order valence-electron chi connectivity index (χ3n) is 3.98. The number of carbonyl (C=O) groups is 1. The maximum absolute atomic E-state index is 13.8. The van der Waals surface area contributed by atoms with E-state index in [1.165, 1.54) is 12.1 Å². The molecule has 1 N–H and O–H groups in total. The van der Waals surface area contributed by atoms with Gasteiger partial charge in [0.1, 0.15) is 0 Å². The second-order valence-electron chi connectivity index (χ2n) is 6.52. The summed E-state index contributed by atoms with van der Waals surface area (Å²) in [4.78, 5) is 16.8. The lowest BCUT2D eigenvalue weighted by molar-refractivity contribution is -0.118. The van der Waals surface area contributed by atoms with E-state index in [9.17, 15) is 9.18 Å². The quantitative estimate of drug-likeness (QED) is 0.569. The van der Waals surface area contributed by atoms with Gasteiger partial charge in [-0.2, -0.15) is 4.98 Å². The van der Waals surface area contributed by atoms with E-state index in [1.54, 1.807) is 12.1 Å². The fourth-order valence-corrected chi connectivity index (χ4v) is 2.83. The number of hydrogen-bond acceptors (Lipinski definition) is 5. The summed E-state index contributed by atoms with van der Waals surface area (Å²) in [5.74, 6) is 0.0501. The van der Waals surface area contributed by atoms with Crippen LogP contribution in [0.5, 0.6) is 5.75 Å². The summed E-state index contributed by atoms with van der Waals surface area (Å²) in [6.45, 7) is 5.44. The number of para-hydroxylation sites is 1. The molecular formula is C20H19BrFN3O3. The van der Waals surface area contributed by atoms with Crippen molar-refractivity contribution < 1.29 is 18.4 Å². The lowest BCUT2D eigenvalue weighted by Crippen LogP contribution is -2.21. The van der Waals surface area contributed by atoms with Gasteiger partial charge in [-0.1, -0.05) is 47.1 Å². The fraction of sp³-hybridized carbons (Fsp3) is 0.250. The lowest BCUT2D eigenvalue weighted by Gasteiger charge is -2.12. The number of rotatable bonds is 6. The number of ether oxygens (including phenoxy) is 1. The molecule has 2 aromatic carbocycles. The monoisotopic (exact) mass is 447 g/mol. The van der Waals surface area contributed by atoms with Gasteiger partial charge in [-0.25, -0.2) is 4.39 Å². The highest BCUT2D eigenvalue weighted by Gasteiger charge is 2.18. The molecule has 3 aromatic rings. The standard InChI is InChI=1S/C20H19BrFN3O3/c1-11(2)19-24-20(28-25-19)14-6-4-5-12(3)18(14)23-17(26)10-27-16-8-7-13(21)9-15(16)22/h4-9,11H,10H2,1-3H3,(H,23,26). The number of carbonyl (C=O) groups excluding carboxylic acids is 1. The lowest BCUT2D eigenvalue weighted by atomic mass is 10.1. The molecule has 0 fully saturated rings. The minimum absolute atomic E-state index is 0.00170. The van der Waals surface area contributed by atoms with Crippen LogP contribution < -0.4 is 10.1 Å². The number of hydrogen-bond donors (Lipinski definition) is 1. The van der Waals surface area contributed by atoms with Crippen LogP contribution in [0.3, 0.4) is 0 Å². The zero-order chi connectivity index (χ0) is 20.3. The van der Waals surface area contributed by atoms with E-state index in [2.05, 4.69) is 31.4 Å². The molecule has 1 aromatic heterocycles. The van der Waals surface area contributed by atoms with Crippen LogP contribution in [-0.4, -0.2) is 22.7 Å². The molecule has 1 amide bonds. The summed E-state index contributed by atoms with van der Waals surface area (Å²) in [6.07, 6.45) is 0. The van der Waals surface area contributed by atoms with Crippen molar-refractivity contribution in [1.82, 2.24) is 10.1 Å². The number of amides is 1. The molecule has 0 unspecified atom stereocenters. The summed E-state index contributed by atoms with van der Waals surface area (Å²) in [7, 11) is 0. The number of aromatic nitrogens is 2. The molecule has 1 heterocycles. The molecular weight excluding hydrogens is 429 g/mol. The molecule has 3 rings (SSSR count). The number of benzene rings is 2. The van der Waals surface area contributed by atoms with Crippen LogP contribution in [0.1, 0.15) is 31.2 Å². The minimum Gasteiger partial charge on any atom is -0.481 e. The molecule has 8 heteroatoms. The van der Waals surface area contributed by atoms with Crippen LogP contribution in [0.2, 0.25) is 0 Å². The molecule has 28 heavy (non-hydrogen) atoms. The van der Waals surface area contributed by atoms with Crippen LogP contribution >= 0.6 is 15.9 Å². The Kier molecular flexibility index (Phi) is 6.08. The molecule has 0 aliphatic carbocycles. The molecule has 0 spiro atoms. The Morgan fingerprint density at radius 1 is 1.32 bits per heavy atom. The van der Waals surface area contributed by atoms with Gasteiger partial charge in [0.2, 0.25) is 0 Å². The van der Waals surface area contributed by atoms with Crippen LogP contribution in [0.25, 0.3) is 11.5 Å². The van der Waals surface area contributed by atoms with Crippen molar-refractivity contribution in [1.29, 1.82) is 0 Å². The molecule has 0 aliphatic heterocycles. The molecule has 6 nitrogen and oxygen atoms in total. The zero-order valence-corrected chi connectivity index (χ0v) is 17.2. The Morgan fingerprint density at radius 2 is 2.11 bits per heavy atom. The Morgan fingerprint density at radius 3 is 2.79 bits per heavy atom. The second-order valence-corrected chi connectivity index (χ2v) is 7.44. The van der Waals surface area contributed by atoms with Gasteiger partial charge in [-0.15, -0.1) is 0 Å². The van der Waals surface area contributed by atoms with E-state index in [4.69, 9.17) is 9.26 Å². The molecule has 0 saturated carbocycles. The van der Waals surface area contributed by atoms with Gasteiger partial charge in [0, 0.05) is 10.4 Å². The summed E-state index contributed by atoms with van der Waals surface area (Å²) < 4.78 is 25.1. The zero-order valence-electron chi connectivity index (χ0n) is 15.6. The predicted molar refractivity (Wildman–Crippen MR) is 107 cm³/mol. The van der Waals surface area contributed by atoms with Gasteiger partial charge in [-0.05, 0) is 36.8 Å². The average Bonchev–Trinajstić information content (AvgIpc) is 3.13. The van der Waals surface area contributed by atoms with Crippen LogP contribution in [-0.2, 0) is 4.79 Å². The Hall–Kier alpha value is -2.74. The fourth-order valence-electron chi connectivity index (χ4n) is 2.50. The van der Waals surface area contributed by atoms with Gasteiger partial charge in [0.15, 0.2) is 24.0 Å². The van der Waals surface area contributed by atoms with Gasteiger partial charge in [0.05, 0.1) is 11.3 Å². The van der Waals surface area contributed by atoms with Crippen molar-refractivity contribution in [2.24, 2.45) is 0 Å². The third kappa shape index (κ3) is 4.56. The van der Waals surface area contributed by atoms with Crippen molar-refractivity contribution in [2.45, 2.75) is 26.7 Å². The first-order valence-corrected chi connectivity index (χ1v) is 9.45. The largest absolute Gasteiger partial charge is 0.481 e. The number of nitrogens with one attached hydrogen (secondary N) is 1. The number of halogens is 2. The number of anilines is 1. The maximum atomic E-state index is 13.8. The summed E-state index contributed by atoms with van der Waals surface area (Å²) in [5, 5.41) is 6.76. The Balaban J connectivity index is 1.76.